The standard InChI is InChI=1S/C28H33F3N6O2/c1-20-23-9-5-21(6-10-23)17-25-35-26(37-27(36-25)39-19-28(29,30)31)34-18-22-7-11-24(12-8-22)38-16-3-2-13-32-14-4-15-33-20/h5-12,32-33H,1-4,13-19H2,(H,34,35,36,37). The summed E-state index contributed by atoms with van der Waals surface area (Å²) >= 11 is 0. The van der Waals surface area contributed by atoms with Crippen molar-refractivity contribution >= 4 is 11.6 Å². The summed E-state index contributed by atoms with van der Waals surface area (Å²) < 4.78 is 48.9. The van der Waals surface area contributed by atoms with E-state index in [0.29, 0.717) is 13.2 Å². The minimum atomic E-state index is -4.51. The SMILES string of the molecule is C=C1NCCCNCCCCOc2ccc(cc2)CNc2nc(nc(OCC(F)(F)F)n2)Cc2ccc1cc2. The summed E-state index contributed by atoms with van der Waals surface area (Å²) in [6.45, 7) is 6.28. The molecule has 1 aromatic heterocycles. The lowest BCUT2D eigenvalue weighted by Gasteiger charge is -2.12. The molecule has 3 aliphatic heterocycles. The monoisotopic (exact) mass is 542 g/mol. The Morgan fingerprint density at radius 3 is 2.36 bits per heavy atom. The van der Waals surface area contributed by atoms with Crippen LogP contribution in [0.1, 0.15) is 41.8 Å². The second-order valence-corrected chi connectivity index (χ2v) is 9.20. The van der Waals surface area contributed by atoms with E-state index in [-0.39, 0.29) is 24.2 Å². The molecule has 6 bridgehead atoms. The van der Waals surface area contributed by atoms with Gasteiger partial charge in [0.25, 0.3) is 0 Å². The number of hydrogen-bond donors (Lipinski definition) is 3. The average molecular weight is 543 g/mol. The summed E-state index contributed by atoms with van der Waals surface area (Å²) in [6.07, 6.45) is -1.28. The predicted octanol–water partition coefficient (Wildman–Crippen LogP) is 4.73. The number of nitrogens with zero attached hydrogens (tertiary/aromatic N) is 3. The molecular weight excluding hydrogens is 509 g/mol. The van der Waals surface area contributed by atoms with Gasteiger partial charge in [-0.2, -0.15) is 28.1 Å². The van der Waals surface area contributed by atoms with E-state index < -0.39 is 12.8 Å². The number of rotatable bonds is 2. The molecule has 0 saturated carbocycles. The van der Waals surface area contributed by atoms with Crippen molar-refractivity contribution in [2.45, 2.75) is 38.4 Å². The third kappa shape index (κ3) is 9.75. The van der Waals surface area contributed by atoms with Crippen LogP contribution in [0.3, 0.4) is 0 Å². The van der Waals surface area contributed by atoms with Crippen LogP contribution in [0.2, 0.25) is 0 Å². The highest BCUT2D eigenvalue weighted by molar-refractivity contribution is 5.61. The predicted molar refractivity (Wildman–Crippen MR) is 144 cm³/mol. The third-order valence-corrected chi connectivity index (χ3v) is 5.95. The number of alkyl halides is 3. The highest BCUT2D eigenvalue weighted by Gasteiger charge is 2.29. The molecule has 11 heteroatoms. The lowest BCUT2D eigenvalue weighted by Crippen LogP contribution is -2.22. The first kappa shape index (κ1) is 28.2. The van der Waals surface area contributed by atoms with Crippen LogP contribution in [0.15, 0.2) is 55.1 Å². The molecule has 8 nitrogen and oxygen atoms in total. The Hall–Kier alpha value is -3.86. The largest absolute Gasteiger partial charge is 0.494 e. The van der Waals surface area contributed by atoms with Crippen molar-refractivity contribution in [1.29, 1.82) is 0 Å². The lowest BCUT2D eigenvalue weighted by molar-refractivity contribution is -0.154. The highest BCUT2D eigenvalue weighted by Crippen LogP contribution is 2.19. The molecule has 0 radical (unpaired) electrons. The molecule has 2 aromatic carbocycles. The van der Waals surface area contributed by atoms with E-state index in [2.05, 4.69) is 37.5 Å². The molecule has 3 N–H and O–H groups in total. The number of hydrogen-bond acceptors (Lipinski definition) is 8. The maximum atomic E-state index is 12.8. The Kier molecular flexibility index (Phi) is 9.96. The van der Waals surface area contributed by atoms with Gasteiger partial charge >= 0.3 is 12.2 Å². The van der Waals surface area contributed by atoms with Crippen molar-refractivity contribution in [2.24, 2.45) is 0 Å². The lowest BCUT2D eigenvalue weighted by atomic mass is 10.1. The molecule has 208 valence electrons. The number of ether oxygens (including phenoxy) is 2. The van der Waals surface area contributed by atoms with Gasteiger partial charge in [-0.3, -0.25) is 0 Å². The Morgan fingerprint density at radius 1 is 0.846 bits per heavy atom. The van der Waals surface area contributed by atoms with Crippen LogP contribution in [0, 0.1) is 0 Å². The molecule has 4 heterocycles. The number of benzene rings is 2. The van der Waals surface area contributed by atoms with Crippen LogP contribution < -0.4 is 25.4 Å². The molecular formula is C28H33F3N6O2. The van der Waals surface area contributed by atoms with Crippen LogP contribution in [-0.2, 0) is 13.0 Å². The number of halogens is 3. The van der Waals surface area contributed by atoms with Gasteiger partial charge in [-0.15, -0.1) is 0 Å². The van der Waals surface area contributed by atoms with Gasteiger partial charge in [-0.05, 0) is 61.2 Å². The zero-order valence-corrected chi connectivity index (χ0v) is 21.7. The molecule has 0 atom stereocenters. The van der Waals surface area contributed by atoms with E-state index in [1.165, 1.54) is 0 Å². The molecule has 3 aliphatic rings. The Balaban J connectivity index is 1.52. The fourth-order valence-corrected chi connectivity index (χ4v) is 3.88. The van der Waals surface area contributed by atoms with Crippen LogP contribution >= 0.6 is 0 Å². The van der Waals surface area contributed by atoms with Crippen molar-refractivity contribution in [3.63, 3.8) is 0 Å². The quantitative estimate of drug-likeness (QED) is 0.428. The Bertz CT molecular complexity index is 1200. The van der Waals surface area contributed by atoms with Crippen LogP contribution in [0.5, 0.6) is 11.8 Å². The van der Waals surface area contributed by atoms with Gasteiger partial charge in [0.1, 0.15) is 11.6 Å². The molecule has 39 heavy (non-hydrogen) atoms. The smallest absolute Gasteiger partial charge is 0.422 e. The van der Waals surface area contributed by atoms with Crippen molar-refractivity contribution in [3.05, 3.63) is 77.6 Å². The van der Waals surface area contributed by atoms with Gasteiger partial charge in [0, 0.05) is 25.2 Å². The molecule has 0 unspecified atom stereocenters. The first-order valence-electron chi connectivity index (χ1n) is 13.0. The van der Waals surface area contributed by atoms with E-state index in [1.54, 1.807) is 0 Å². The first-order valence-corrected chi connectivity index (χ1v) is 13.0. The van der Waals surface area contributed by atoms with Gasteiger partial charge in [0.2, 0.25) is 5.95 Å². The zero-order valence-electron chi connectivity index (χ0n) is 21.7. The van der Waals surface area contributed by atoms with E-state index >= 15 is 0 Å². The summed E-state index contributed by atoms with van der Waals surface area (Å²) in [5.74, 6) is 1.20. The number of aromatic nitrogens is 3. The van der Waals surface area contributed by atoms with Crippen molar-refractivity contribution < 1.29 is 22.6 Å². The zero-order chi connectivity index (χ0) is 27.5. The van der Waals surface area contributed by atoms with E-state index in [0.717, 1.165) is 67.0 Å². The maximum absolute atomic E-state index is 12.8. The second-order valence-electron chi connectivity index (χ2n) is 9.20. The molecule has 0 aliphatic carbocycles. The number of anilines is 1. The normalized spacial score (nSPS) is 15.8. The molecule has 6 rings (SSSR count). The van der Waals surface area contributed by atoms with E-state index in [9.17, 15) is 13.2 Å². The topological polar surface area (TPSA) is 93.2 Å². The molecule has 0 amide bonds. The van der Waals surface area contributed by atoms with Gasteiger partial charge < -0.3 is 25.4 Å². The van der Waals surface area contributed by atoms with Crippen molar-refractivity contribution in [1.82, 2.24) is 25.6 Å². The fourth-order valence-electron chi connectivity index (χ4n) is 3.88. The number of nitrogens with one attached hydrogen (secondary N) is 3. The second kappa shape index (κ2) is 13.8. The summed E-state index contributed by atoms with van der Waals surface area (Å²) in [4.78, 5) is 12.6. The molecule has 3 aromatic rings. The van der Waals surface area contributed by atoms with Crippen molar-refractivity contribution in [2.75, 3.05) is 38.2 Å². The average Bonchev–Trinajstić information content (AvgIpc) is 2.92. The minimum absolute atomic E-state index is 0.130. The van der Waals surface area contributed by atoms with Crippen LogP contribution in [0.4, 0.5) is 19.1 Å². The molecule has 0 fully saturated rings. The van der Waals surface area contributed by atoms with Crippen molar-refractivity contribution in [3.8, 4) is 11.8 Å². The third-order valence-electron chi connectivity index (χ3n) is 5.95. The molecule has 0 spiro atoms. The Labute approximate surface area is 226 Å². The molecule has 0 saturated heterocycles. The van der Waals surface area contributed by atoms with Gasteiger partial charge in [-0.1, -0.05) is 43.0 Å². The maximum Gasteiger partial charge on any atom is 0.422 e. The summed E-state index contributed by atoms with van der Waals surface area (Å²) in [7, 11) is 0. The van der Waals surface area contributed by atoms with E-state index in [1.807, 2.05) is 48.5 Å². The van der Waals surface area contributed by atoms with E-state index in [4.69, 9.17) is 9.47 Å². The van der Waals surface area contributed by atoms with Gasteiger partial charge in [0.05, 0.1) is 6.61 Å². The van der Waals surface area contributed by atoms with Gasteiger partial charge in [-0.25, -0.2) is 0 Å². The summed E-state index contributed by atoms with van der Waals surface area (Å²) in [5.41, 5.74) is 3.60. The Morgan fingerprint density at radius 2 is 1.59 bits per heavy atom. The van der Waals surface area contributed by atoms with Crippen LogP contribution in [0.25, 0.3) is 5.70 Å². The minimum Gasteiger partial charge on any atom is -0.494 e. The first-order chi connectivity index (χ1) is 18.8. The number of fused-ring (bicyclic) bond motifs is 2. The fraction of sp³-hybridized carbons (Fsp3) is 0.393. The van der Waals surface area contributed by atoms with Gasteiger partial charge in [0.15, 0.2) is 6.61 Å². The summed E-state index contributed by atoms with van der Waals surface area (Å²) in [6, 6.07) is 14.9. The summed E-state index contributed by atoms with van der Waals surface area (Å²) in [5, 5.41) is 9.87. The van der Waals surface area contributed by atoms with Crippen LogP contribution in [-0.4, -0.2) is 54.0 Å². The highest BCUT2D eigenvalue weighted by atomic mass is 19.4.